The number of carbonyl (C=O) groups is 4. The molecule has 2 aliphatic heterocycles. The van der Waals surface area contributed by atoms with Gasteiger partial charge in [0.05, 0.1) is 20.1 Å². The van der Waals surface area contributed by atoms with Crippen LogP contribution in [0.4, 0.5) is 0 Å². The number of fused-ring (bicyclic) bond motifs is 1. The third-order valence-electron chi connectivity index (χ3n) is 6.83. The number of nitrogens with one attached hydrogen (secondary N) is 3. The topological polar surface area (TPSA) is 130 Å². The Morgan fingerprint density at radius 3 is 2.72 bits per heavy atom. The summed E-state index contributed by atoms with van der Waals surface area (Å²) in [6.07, 6.45) is 5.78. The molecule has 0 bridgehead atoms. The molecule has 2 saturated heterocycles. The Kier molecular flexibility index (Phi) is 7.49. The second-order valence-corrected chi connectivity index (χ2v) is 14.0. The zero-order valence-corrected chi connectivity index (χ0v) is 21.9. The van der Waals surface area contributed by atoms with Gasteiger partial charge < -0.3 is 30.0 Å². The van der Waals surface area contributed by atoms with Crippen LogP contribution in [-0.4, -0.2) is 90.6 Å². The van der Waals surface area contributed by atoms with Gasteiger partial charge in [0.1, 0.15) is 23.5 Å². The highest BCUT2D eigenvalue weighted by molar-refractivity contribution is 8.32. The van der Waals surface area contributed by atoms with Gasteiger partial charge in [-0.1, -0.05) is 6.07 Å². The molecule has 0 radical (unpaired) electrons. The van der Waals surface area contributed by atoms with E-state index in [1.807, 2.05) is 18.2 Å². The summed E-state index contributed by atoms with van der Waals surface area (Å²) in [4.78, 5) is 56.6. The first kappa shape index (κ1) is 25.9. The van der Waals surface area contributed by atoms with Crippen LogP contribution in [0.1, 0.15) is 29.8 Å². The van der Waals surface area contributed by atoms with E-state index in [2.05, 4.69) is 28.1 Å². The number of carbonyl (C=O) groups excluding carboxylic acids is 4. The van der Waals surface area contributed by atoms with Crippen molar-refractivity contribution in [1.29, 1.82) is 0 Å². The number of benzene rings is 1. The first-order chi connectivity index (χ1) is 17.1. The first-order valence-corrected chi connectivity index (χ1v) is 14.7. The zero-order chi connectivity index (χ0) is 26.0. The van der Waals surface area contributed by atoms with Gasteiger partial charge in [0, 0.05) is 29.1 Å². The van der Waals surface area contributed by atoms with E-state index in [1.165, 1.54) is 7.11 Å². The van der Waals surface area contributed by atoms with Gasteiger partial charge in [-0.3, -0.25) is 14.4 Å². The van der Waals surface area contributed by atoms with E-state index in [0.717, 1.165) is 17.3 Å². The number of amides is 3. The Labute approximate surface area is 211 Å². The minimum absolute atomic E-state index is 0.123. The summed E-state index contributed by atoms with van der Waals surface area (Å²) in [6.45, 7) is 0.612. The summed E-state index contributed by atoms with van der Waals surface area (Å²) in [6, 6.07) is 5.56. The highest BCUT2D eigenvalue weighted by Crippen LogP contribution is 2.48. The van der Waals surface area contributed by atoms with Crippen molar-refractivity contribution in [3.05, 3.63) is 30.0 Å². The van der Waals surface area contributed by atoms with Crippen molar-refractivity contribution in [2.45, 2.75) is 31.3 Å². The number of hydrogen-bond donors (Lipinski definition) is 3. The number of esters is 1. The standard InChI is InChI=1S/C25H34N4O6S/c1-34-21-9-5-8-17-16(21)12-18(27-17)24(32)29-14-36(3,4)13-20(29)23(31)28-19(25(33)35-2)11-15-7-6-10-26-22(15)30/h5,8-9,12,15,19-20,27H,6-7,10-11,13-14H2,1-4H3,(H,26,30)(H,28,31)/t15-,19-,20-/m0/s1. The number of piperidine rings is 1. The molecule has 1 aromatic carbocycles. The molecule has 36 heavy (non-hydrogen) atoms. The van der Waals surface area contributed by atoms with E-state index < -0.39 is 34.0 Å². The molecule has 3 N–H and O–H groups in total. The van der Waals surface area contributed by atoms with Gasteiger partial charge in [-0.15, -0.1) is 0 Å². The van der Waals surface area contributed by atoms with E-state index in [9.17, 15) is 19.2 Å². The lowest BCUT2D eigenvalue weighted by atomic mass is 9.91. The molecule has 2 fully saturated rings. The molecule has 11 heteroatoms. The van der Waals surface area contributed by atoms with Crippen molar-refractivity contribution in [2.24, 2.45) is 5.92 Å². The van der Waals surface area contributed by atoms with E-state index in [4.69, 9.17) is 9.47 Å². The van der Waals surface area contributed by atoms with Crippen LogP contribution in [0.15, 0.2) is 24.3 Å². The van der Waals surface area contributed by atoms with Gasteiger partial charge in [-0.05, 0) is 50.0 Å². The fraction of sp³-hybridized carbons (Fsp3) is 0.520. The van der Waals surface area contributed by atoms with E-state index in [1.54, 1.807) is 18.1 Å². The maximum Gasteiger partial charge on any atom is 0.328 e. The van der Waals surface area contributed by atoms with Gasteiger partial charge >= 0.3 is 5.97 Å². The number of aromatic amines is 1. The summed E-state index contributed by atoms with van der Waals surface area (Å²) in [5.74, 6) is -0.177. The number of ether oxygens (including phenoxy) is 2. The Morgan fingerprint density at radius 2 is 2.03 bits per heavy atom. The molecule has 3 atom stereocenters. The molecular formula is C25H34N4O6S. The lowest BCUT2D eigenvalue weighted by molar-refractivity contribution is -0.146. The van der Waals surface area contributed by atoms with Crippen molar-refractivity contribution in [2.75, 3.05) is 44.9 Å². The number of hydrogen-bond acceptors (Lipinski definition) is 6. The maximum atomic E-state index is 13.6. The van der Waals surface area contributed by atoms with Crippen LogP contribution in [0.3, 0.4) is 0 Å². The van der Waals surface area contributed by atoms with Gasteiger partial charge in [0.15, 0.2) is 0 Å². The summed E-state index contributed by atoms with van der Waals surface area (Å²) in [5.41, 5.74) is 1.13. The minimum atomic E-state index is -1.26. The van der Waals surface area contributed by atoms with Gasteiger partial charge in [0.25, 0.3) is 5.91 Å². The smallest absolute Gasteiger partial charge is 0.328 e. The fourth-order valence-electron chi connectivity index (χ4n) is 5.00. The minimum Gasteiger partial charge on any atom is -0.496 e. The van der Waals surface area contributed by atoms with Crippen LogP contribution in [-0.2, 0) is 19.1 Å². The second kappa shape index (κ2) is 10.4. The van der Waals surface area contributed by atoms with Crippen LogP contribution in [0, 0.1) is 5.92 Å². The summed E-state index contributed by atoms with van der Waals surface area (Å²) < 4.78 is 10.3. The van der Waals surface area contributed by atoms with Crippen molar-refractivity contribution in [3.63, 3.8) is 0 Å². The van der Waals surface area contributed by atoms with E-state index in [-0.39, 0.29) is 24.2 Å². The average molecular weight is 519 g/mol. The van der Waals surface area contributed by atoms with Crippen LogP contribution in [0.25, 0.3) is 10.9 Å². The van der Waals surface area contributed by atoms with Gasteiger partial charge in [0.2, 0.25) is 11.8 Å². The largest absolute Gasteiger partial charge is 0.496 e. The molecule has 10 nitrogen and oxygen atoms in total. The van der Waals surface area contributed by atoms with Crippen molar-refractivity contribution < 1.29 is 28.7 Å². The molecule has 3 amide bonds. The molecule has 0 aliphatic carbocycles. The fourth-order valence-corrected chi connectivity index (χ4v) is 7.34. The first-order valence-electron chi connectivity index (χ1n) is 11.9. The van der Waals surface area contributed by atoms with Crippen molar-refractivity contribution in [1.82, 2.24) is 20.5 Å². The van der Waals surface area contributed by atoms with E-state index >= 15 is 0 Å². The van der Waals surface area contributed by atoms with Crippen LogP contribution < -0.4 is 15.4 Å². The molecular weight excluding hydrogens is 484 g/mol. The third kappa shape index (κ3) is 5.30. The molecule has 4 rings (SSSR count). The zero-order valence-electron chi connectivity index (χ0n) is 21.1. The quantitative estimate of drug-likeness (QED) is 0.478. The normalized spacial score (nSPS) is 23.0. The van der Waals surface area contributed by atoms with Gasteiger partial charge in [-0.25, -0.2) is 14.8 Å². The summed E-state index contributed by atoms with van der Waals surface area (Å²) in [7, 11) is 1.57. The maximum absolute atomic E-state index is 13.6. The van der Waals surface area contributed by atoms with Crippen LogP contribution in [0.2, 0.25) is 0 Å². The molecule has 2 aromatic rings. The van der Waals surface area contributed by atoms with Crippen molar-refractivity contribution >= 4 is 44.6 Å². The number of methoxy groups -OCH3 is 2. The molecule has 1 aromatic heterocycles. The lowest BCUT2D eigenvalue weighted by Crippen LogP contribution is -2.53. The molecule has 196 valence electrons. The average Bonchev–Trinajstić information content (AvgIpc) is 3.44. The van der Waals surface area contributed by atoms with Crippen LogP contribution >= 0.6 is 10.0 Å². The Balaban J connectivity index is 1.55. The second-order valence-electron chi connectivity index (χ2n) is 9.91. The number of H-pyrrole nitrogens is 1. The predicted molar refractivity (Wildman–Crippen MR) is 138 cm³/mol. The third-order valence-corrected chi connectivity index (χ3v) is 9.03. The van der Waals surface area contributed by atoms with E-state index in [0.29, 0.717) is 36.0 Å². The number of rotatable bonds is 7. The molecule has 2 aliphatic rings. The Bertz CT molecular complexity index is 1180. The number of nitrogens with zero attached hydrogens (tertiary/aromatic N) is 1. The summed E-state index contributed by atoms with van der Waals surface area (Å²) >= 11 is 0. The molecule has 3 heterocycles. The lowest BCUT2D eigenvalue weighted by Gasteiger charge is -2.28. The predicted octanol–water partition coefficient (Wildman–Crippen LogP) is 1.60. The van der Waals surface area contributed by atoms with Gasteiger partial charge in [-0.2, -0.15) is 0 Å². The molecule has 0 unspecified atom stereocenters. The highest BCUT2D eigenvalue weighted by Gasteiger charge is 2.43. The molecule has 0 spiro atoms. The molecule has 0 saturated carbocycles. The Morgan fingerprint density at radius 1 is 1.25 bits per heavy atom. The highest BCUT2D eigenvalue weighted by atomic mass is 32.3. The van der Waals surface area contributed by atoms with Crippen molar-refractivity contribution in [3.8, 4) is 5.75 Å². The summed E-state index contributed by atoms with van der Waals surface area (Å²) in [5, 5.41) is 6.38. The van der Waals surface area contributed by atoms with Crippen LogP contribution in [0.5, 0.6) is 5.75 Å². The Hall–Kier alpha value is -3.21. The number of aromatic nitrogens is 1. The monoisotopic (exact) mass is 518 g/mol. The SMILES string of the molecule is COC(=O)[C@H](C[C@@H]1CCCNC1=O)NC(=O)[C@@H]1CS(C)(C)CN1C(=O)c1cc2c(OC)cccc2[nH]1.